The van der Waals surface area contributed by atoms with Gasteiger partial charge in [0.05, 0.1) is 0 Å². The van der Waals surface area contributed by atoms with Gasteiger partial charge in [0.15, 0.2) is 0 Å². The Morgan fingerprint density at radius 1 is 1.21 bits per heavy atom. The molecule has 2 heteroatoms. The fourth-order valence-corrected chi connectivity index (χ4v) is 3.12. The summed E-state index contributed by atoms with van der Waals surface area (Å²) in [5.41, 5.74) is 9.06. The predicted molar refractivity (Wildman–Crippen MR) is 82.3 cm³/mol. The van der Waals surface area contributed by atoms with Gasteiger partial charge < -0.3 is 5.73 Å². The minimum Gasteiger partial charge on any atom is -0.323 e. The van der Waals surface area contributed by atoms with Crippen LogP contribution >= 0.6 is 0 Å². The summed E-state index contributed by atoms with van der Waals surface area (Å²) in [6.07, 6.45) is 6.41. The minimum absolute atomic E-state index is 0.151. The maximum Gasteiger partial charge on any atom is 0.0424 e. The second kappa shape index (κ2) is 7.06. The highest BCUT2D eigenvalue weighted by Gasteiger charge is 2.22. The summed E-state index contributed by atoms with van der Waals surface area (Å²) in [6, 6.07) is 9.72. The summed E-state index contributed by atoms with van der Waals surface area (Å²) >= 11 is 0. The average molecular weight is 260 g/mol. The summed E-state index contributed by atoms with van der Waals surface area (Å²) in [7, 11) is 0. The van der Waals surface area contributed by atoms with Crippen LogP contribution in [-0.2, 0) is 6.42 Å². The molecule has 2 nitrogen and oxygen atoms in total. The first-order valence-corrected chi connectivity index (χ1v) is 7.83. The molecule has 0 amide bonds. The Kier molecular flexibility index (Phi) is 5.41. The lowest BCUT2D eigenvalue weighted by Gasteiger charge is -2.36. The van der Waals surface area contributed by atoms with E-state index >= 15 is 0 Å². The normalized spacial score (nSPS) is 22.4. The van der Waals surface area contributed by atoms with Crippen molar-refractivity contribution in [3.8, 4) is 0 Å². The molecule has 2 N–H and O–H groups in total. The van der Waals surface area contributed by atoms with Crippen LogP contribution in [0.1, 0.15) is 56.7 Å². The van der Waals surface area contributed by atoms with E-state index in [1.54, 1.807) is 0 Å². The van der Waals surface area contributed by atoms with Crippen LogP contribution in [-0.4, -0.2) is 24.0 Å². The Labute approximate surface area is 118 Å². The van der Waals surface area contributed by atoms with Crippen LogP contribution in [0, 0.1) is 0 Å². The molecule has 1 aromatic rings. The minimum atomic E-state index is 0.151. The monoisotopic (exact) mass is 260 g/mol. The molecule has 0 aliphatic carbocycles. The predicted octanol–water partition coefficient (Wildman–Crippen LogP) is 3.51. The molecule has 0 bridgehead atoms. The van der Waals surface area contributed by atoms with Crippen molar-refractivity contribution in [2.45, 2.75) is 58.0 Å². The molecular weight excluding hydrogens is 232 g/mol. The van der Waals surface area contributed by atoms with E-state index in [9.17, 15) is 0 Å². The van der Waals surface area contributed by atoms with E-state index in [0.717, 1.165) is 19.0 Å². The fourth-order valence-electron chi connectivity index (χ4n) is 3.12. The van der Waals surface area contributed by atoms with Gasteiger partial charge in [-0.15, -0.1) is 0 Å². The van der Waals surface area contributed by atoms with Crippen molar-refractivity contribution in [2.75, 3.05) is 13.1 Å². The van der Waals surface area contributed by atoms with Gasteiger partial charge in [0.2, 0.25) is 0 Å². The van der Waals surface area contributed by atoms with E-state index < -0.39 is 0 Å². The summed E-state index contributed by atoms with van der Waals surface area (Å²) in [5.74, 6) is 0. The molecule has 1 heterocycles. The van der Waals surface area contributed by atoms with Crippen molar-refractivity contribution in [1.29, 1.82) is 0 Å². The van der Waals surface area contributed by atoms with E-state index in [4.69, 9.17) is 5.73 Å². The molecule has 2 rings (SSSR count). The third-order valence-electron chi connectivity index (χ3n) is 4.47. The molecule has 0 radical (unpaired) electrons. The lowest BCUT2D eigenvalue weighted by Crippen LogP contribution is -2.42. The van der Waals surface area contributed by atoms with Gasteiger partial charge in [-0.1, -0.05) is 44.5 Å². The van der Waals surface area contributed by atoms with Gasteiger partial charge >= 0.3 is 0 Å². The summed E-state index contributed by atoms with van der Waals surface area (Å²) in [6.45, 7) is 6.71. The molecular formula is C17H28N2. The molecule has 0 saturated carbocycles. The second-order valence-corrected chi connectivity index (χ2v) is 5.75. The molecule has 2 unspecified atom stereocenters. The SMILES string of the molecule is CCc1ccc(C(N)CN2CCCCC2CC)cc1. The maximum atomic E-state index is 6.39. The Bertz CT molecular complexity index is 371. The van der Waals surface area contributed by atoms with E-state index in [-0.39, 0.29) is 6.04 Å². The smallest absolute Gasteiger partial charge is 0.0424 e. The van der Waals surface area contributed by atoms with Crippen molar-refractivity contribution in [2.24, 2.45) is 5.73 Å². The lowest BCUT2D eigenvalue weighted by atomic mass is 9.97. The average Bonchev–Trinajstić information content (AvgIpc) is 2.48. The van der Waals surface area contributed by atoms with Crippen LogP contribution in [0.3, 0.4) is 0 Å². The second-order valence-electron chi connectivity index (χ2n) is 5.75. The number of hydrogen-bond acceptors (Lipinski definition) is 2. The molecule has 0 aromatic heterocycles. The van der Waals surface area contributed by atoms with Gasteiger partial charge in [0.1, 0.15) is 0 Å². The van der Waals surface area contributed by atoms with Gasteiger partial charge in [0.25, 0.3) is 0 Å². The van der Waals surface area contributed by atoms with E-state index in [1.807, 2.05) is 0 Å². The van der Waals surface area contributed by atoms with Gasteiger partial charge in [-0.05, 0) is 43.4 Å². The third kappa shape index (κ3) is 3.80. The number of nitrogens with two attached hydrogens (primary N) is 1. The van der Waals surface area contributed by atoms with Crippen LogP contribution < -0.4 is 5.73 Å². The number of benzene rings is 1. The number of aryl methyl sites for hydroxylation is 1. The van der Waals surface area contributed by atoms with Crippen LogP contribution in [0.2, 0.25) is 0 Å². The molecule has 1 aromatic carbocycles. The van der Waals surface area contributed by atoms with Gasteiger partial charge in [0, 0.05) is 18.6 Å². The number of likely N-dealkylation sites (tertiary alicyclic amines) is 1. The zero-order valence-corrected chi connectivity index (χ0v) is 12.4. The van der Waals surface area contributed by atoms with Crippen LogP contribution in [0.25, 0.3) is 0 Å². The molecule has 1 fully saturated rings. The van der Waals surface area contributed by atoms with Crippen molar-refractivity contribution < 1.29 is 0 Å². The highest BCUT2D eigenvalue weighted by molar-refractivity contribution is 5.25. The summed E-state index contributed by atoms with van der Waals surface area (Å²) < 4.78 is 0. The number of nitrogens with zero attached hydrogens (tertiary/aromatic N) is 1. The lowest BCUT2D eigenvalue weighted by molar-refractivity contribution is 0.136. The molecule has 106 valence electrons. The first-order valence-electron chi connectivity index (χ1n) is 7.83. The number of rotatable bonds is 5. The topological polar surface area (TPSA) is 29.3 Å². The first-order chi connectivity index (χ1) is 9.24. The van der Waals surface area contributed by atoms with Gasteiger partial charge in [-0.25, -0.2) is 0 Å². The fraction of sp³-hybridized carbons (Fsp3) is 0.647. The molecule has 2 atom stereocenters. The highest BCUT2D eigenvalue weighted by Crippen LogP contribution is 2.22. The van der Waals surface area contributed by atoms with Gasteiger partial charge in [-0.2, -0.15) is 0 Å². The van der Waals surface area contributed by atoms with E-state index in [0.29, 0.717) is 0 Å². The largest absolute Gasteiger partial charge is 0.323 e. The number of piperidine rings is 1. The van der Waals surface area contributed by atoms with Crippen molar-refractivity contribution in [3.05, 3.63) is 35.4 Å². The Balaban J connectivity index is 1.96. The van der Waals surface area contributed by atoms with E-state index in [1.165, 1.54) is 43.4 Å². The Hall–Kier alpha value is -0.860. The van der Waals surface area contributed by atoms with E-state index in [2.05, 4.69) is 43.0 Å². The maximum absolute atomic E-state index is 6.39. The van der Waals surface area contributed by atoms with Crippen LogP contribution in [0.15, 0.2) is 24.3 Å². The Morgan fingerprint density at radius 2 is 1.95 bits per heavy atom. The quantitative estimate of drug-likeness (QED) is 0.878. The van der Waals surface area contributed by atoms with Gasteiger partial charge in [-0.3, -0.25) is 4.90 Å². The molecule has 19 heavy (non-hydrogen) atoms. The standard InChI is InChI=1S/C17H28N2/c1-3-14-8-10-15(11-9-14)17(18)13-19-12-6-5-7-16(19)4-2/h8-11,16-17H,3-7,12-13,18H2,1-2H3. The molecule has 1 aliphatic rings. The summed E-state index contributed by atoms with van der Waals surface area (Å²) in [4.78, 5) is 2.60. The van der Waals surface area contributed by atoms with Crippen molar-refractivity contribution in [1.82, 2.24) is 4.90 Å². The zero-order valence-electron chi connectivity index (χ0n) is 12.4. The number of hydrogen-bond donors (Lipinski definition) is 1. The molecule has 0 spiro atoms. The zero-order chi connectivity index (χ0) is 13.7. The van der Waals surface area contributed by atoms with Crippen molar-refractivity contribution in [3.63, 3.8) is 0 Å². The molecule has 1 aliphatic heterocycles. The third-order valence-corrected chi connectivity index (χ3v) is 4.47. The van der Waals surface area contributed by atoms with Crippen LogP contribution in [0.5, 0.6) is 0 Å². The Morgan fingerprint density at radius 3 is 2.58 bits per heavy atom. The first kappa shape index (κ1) is 14.5. The van der Waals surface area contributed by atoms with Crippen molar-refractivity contribution >= 4 is 0 Å². The highest BCUT2D eigenvalue weighted by atomic mass is 15.2. The molecule has 1 saturated heterocycles. The summed E-state index contributed by atoms with van der Waals surface area (Å²) in [5, 5.41) is 0. The van der Waals surface area contributed by atoms with Crippen LogP contribution in [0.4, 0.5) is 0 Å².